The number of hydrogen-bond acceptors (Lipinski definition) is 2. The quantitative estimate of drug-likeness (QED) is 0.689. The van der Waals surface area contributed by atoms with Crippen LogP contribution in [0.25, 0.3) is 0 Å². The first kappa shape index (κ1) is 14.0. The van der Waals surface area contributed by atoms with Gasteiger partial charge in [-0.05, 0) is 45.4 Å². The predicted molar refractivity (Wildman–Crippen MR) is 71.5 cm³/mol. The van der Waals surface area contributed by atoms with E-state index in [1.165, 1.54) is 32.2 Å². The molecule has 2 N–H and O–H groups in total. The molecular formula is C14H30N2. The maximum atomic E-state index is 6.33. The van der Waals surface area contributed by atoms with Crippen LogP contribution in [0.2, 0.25) is 0 Å². The average molecular weight is 226 g/mol. The van der Waals surface area contributed by atoms with Crippen molar-refractivity contribution in [2.45, 2.75) is 77.9 Å². The Bertz CT molecular complexity index is 187. The van der Waals surface area contributed by atoms with Gasteiger partial charge in [-0.25, -0.2) is 0 Å². The van der Waals surface area contributed by atoms with Gasteiger partial charge in [0.05, 0.1) is 0 Å². The van der Waals surface area contributed by atoms with Crippen molar-refractivity contribution in [3.63, 3.8) is 0 Å². The molecule has 0 radical (unpaired) electrons. The molecule has 1 fully saturated rings. The van der Waals surface area contributed by atoms with Crippen molar-refractivity contribution >= 4 is 0 Å². The highest BCUT2D eigenvalue weighted by Gasteiger charge is 2.31. The summed E-state index contributed by atoms with van der Waals surface area (Å²) in [5.74, 6) is 0.963. The Kier molecular flexibility index (Phi) is 5.77. The summed E-state index contributed by atoms with van der Waals surface area (Å²) in [5.41, 5.74) is 6.33. The first-order valence-electron chi connectivity index (χ1n) is 7.11. The molecule has 2 unspecified atom stereocenters. The molecule has 2 heteroatoms. The van der Waals surface area contributed by atoms with Crippen LogP contribution >= 0.6 is 0 Å². The van der Waals surface area contributed by atoms with E-state index in [2.05, 4.69) is 32.6 Å². The Hall–Kier alpha value is -0.0800. The summed E-state index contributed by atoms with van der Waals surface area (Å²) in [7, 11) is 0. The van der Waals surface area contributed by atoms with Crippen LogP contribution in [0.15, 0.2) is 0 Å². The minimum atomic E-state index is 0.358. The second-order valence-corrected chi connectivity index (χ2v) is 5.66. The number of nitrogens with zero attached hydrogens (tertiary/aromatic N) is 1. The summed E-state index contributed by atoms with van der Waals surface area (Å²) >= 11 is 0. The van der Waals surface area contributed by atoms with Gasteiger partial charge in [0.2, 0.25) is 0 Å². The molecule has 0 spiro atoms. The van der Waals surface area contributed by atoms with Gasteiger partial charge in [-0.1, -0.05) is 20.3 Å². The third-order valence-electron chi connectivity index (χ3n) is 3.79. The minimum Gasteiger partial charge on any atom is -0.326 e. The second-order valence-electron chi connectivity index (χ2n) is 5.66. The molecule has 2 nitrogen and oxygen atoms in total. The van der Waals surface area contributed by atoms with E-state index < -0.39 is 0 Å². The Labute approximate surface area is 102 Å². The van der Waals surface area contributed by atoms with Crippen molar-refractivity contribution in [1.82, 2.24) is 4.90 Å². The van der Waals surface area contributed by atoms with E-state index in [9.17, 15) is 0 Å². The minimum absolute atomic E-state index is 0.358. The van der Waals surface area contributed by atoms with Gasteiger partial charge in [0.15, 0.2) is 0 Å². The molecule has 96 valence electrons. The predicted octanol–water partition coefficient (Wildman–Crippen LogP) is 3.01. The second kappa shape index (κ2) is 6.61. The SMILES string of the molecule is CCCC(N)C(CC)N(CC1CC1)C(C)C. The molecule has 0 aromatic rings. The average Bonchev–Trinajstić information content (AvgIpc) is 3.01. The van der Waals surface area contributed by atoms with Crippen LogP contribution in [0.5, 0.6) is 0 Å². The lowest BCUT2D eigenvalue weighted by atomic mass is 9.98. The lowest BCUT2D eigenvalue weighted by Crippen LogP contribution is -2.51. The van der Waals surface area contributed by atoms with E-state index in [0.29, 0.717) is 18.1 Å². The van der Waals surface area contributed by atoms with Gasteiger partial charge in [0.1, 0.15) is 0 Å². The van der Waals surface area contributed by atoms with Crippen LogP contribution in [0, 0.1) is 5.92 Å². The highest BCUT2D eigenvalue weighted by atomic mass is 15.2. The Morgan fingerprint density at radius 3 is 2.25 bits per heavy atom. The van der Waals surface area contributed by atoms with Crippen molar-refractivity contribution < 1.29 is 0 Å². The number of rotatable bonds is 8. The fraction of sp³-hybridized carbons (Fsp3) is 1.00. The summed E-state index contributed by atoms with van der Waals surface area (Å²) in [6.45, 7) is 10.4. The van der Waals surface area contributed by atoms with Gasteiger partial charge in [-0.15, -0.1) is 0 Å². The Morgan fingerprint density at radius 1 is 1.25 bits per heavy atom. The van der Waals surface area contributed by atoms with Crippen LogP contribution in [-0.4, -0.2) is 29.6 Å². The summed E-state index contributed by atoms with van der Waals surface area (Å²) in [5, 5.41) is 0. The molecule has 1 rings (SSSR count). The Balaban J connectivity index is 2.55. The molecule has 1 aliphatic rings. The Morgan fingerprint density at radius 2 is 1.88 bits per heavy atom. The van der Waals surface area contributed by atoms with Crippen molar-refractivity contribution in [2.24, 2.45) is 11.7 Å². The lowest BCUT2D eigenvalue weighted by Gasteiger charge is -2.38. The van der Waals surface area contributed by atoms with E-state index in [0.717, 1.165) is 12.3 Å². The van der Waals surface area contributed by atoms with E-state index in [1.807, 2.05) is 0 Å². The summed E-state index contributed by atoms with van der Waals surface area (Å²) in [4.78, 5) is 2.65. The van der Waals surface area contributed by atoms with Gasteiger partial charge in [-0.2, -0.15) is 0 Å². The highest BCUT2D eigenvalue weighted by Crippen LogP contribution is 2.31. The maximum absolute atomic E-state index is 6.33. The molecule has 0 amide bonds. The molecule has 1 saturated carbocycles. The third-order valence-corrected chi connectivity index (χ3v) is 3.79. The van der Waals surface area contributed by atoms with Crippen LogP contribution in [-0.2, 0) is 0 Å². The van der Waals surface area contributed by atoms with Crippen molar-refractivity contribution in [2.75, 3.05) is 6.54 Å². The van der Waals surface area contributed by atoms with E-state index in [-0.39, 0.29) is 0 Å². The third kappa shape index (κ3) is 4.06. The molecule has 0 bridgehead atoms. The fourth-order valence-electron chi connectivity index (χ4n) is 2.64. The molecule has 0 aromatic carbocycles. The maximum Gasteiger partial charge on any atom is 0.0247 e. The van der Waals surface area contributed by atoms with Gasteiger partial charge in [-0.3, -0.25) is 4.90 Å². The monoisotopic (exact) mass is 226 g/mol. The van der Waals surface area contributed by atoms with E-state index >= 15 is 0 Å². The van der Waals surface area contributed by atoms with Crippen molar-refractivity contribution in [1.29, 1.82) is 0 Å². The molecule has 1 aliphatic carbocycles. The van der Waals surface area contributed by atoms with Gasteiger partial charge >= 0.3 is 0 Å². The van der Waals surface area contributed by atoms with Gasteiger partial charge in [0, 0.05) is 24.7 Å². The van der Waals surface area contributed by atoms with Crippen molar-refractivity contribution in [3.8, 4) is 0 Å². The molecular weight excluding hydrogens is 196 g/mol. The number of nitrogens with two attached hydrogens (primary N) is 1. The smallest absolute Gasteiger partial charge is 0.0247 e. The molecule has 0 aromatic heterocycles. The van der Waals surface area contributed by atoms with Crippen molar-refractivity contribution in [3.05, 3.63) is 0 Å². The normalized spacial score (nSPS) is 20.4. The molecule has 0 aliphatic heterocycles. The van der Waals surface area contributed by atoms with E-state index in [1.54, 1.807) is 0 Å². The summed E-state index contributed by atoms with van der Waals surface area (Å²) in [6.07, 6.45) is 6.41. The zero-order valence-electron chi connectivity index (χ0n) is 11.6. The fourth-order valence-corrected chi connectivity index (χ4v) is 2.64. The van der Waals surface area contributed by atoms with Gasteiger partial charge < -0.3 is 5.73 Å². The molecule has 2 atom stereocenters. The molecule has 0 heterocycles. The zero-order valence-corrected chi connectivity index (χ0v) is 11.6. The van der Waals surface area contributed by atoms with Gasteiger partial charge in [0.25, 0.3) is 0 Å². The standard InChI is InChI=1S/C14H30N2/c1-5-7-13(15)14(6-2)16(11(3)4)10-12-8-9-12/h11-14H,5-10,15H2,1-4H3. The first-order valence-corrected chi connectivity index (χ1v) is 7.11. The lowest BCUT2D eigenvalue weighted by molar-refractivity contribution is 0.118. The van der Waals surface area contributed by atoms with Crippen LogP contribution in [0.1, 0.15) is 59.8 Å². The van der Waals surface area contributed by atoms with Crippen LogP contribution in [0.3, 0.4) is 0 Å². The summed E-state index contributed by atoms with van der Waals surface area (Å²) < 4.78 is 0. The van der Waals surface area contributed by atoms with E-state index in [4.69, 9.17) is 5.73 Å². The molecule has 16 heavy (non-hydrogen) atoms. The van der Waals surface area contributed by atoms with Crippen LogP contribution in [0.4, 0.5) is 0 Å². The summed E-state index contributed by atoms with van der Waals surface area (Å²) in [6, 6.07) is 1.57. The largest absolute Gasteiger partial charge is 0.326 e. The highest BCUT2D eigenvalue weighted by molar-refractivity contribution is 4.87. The first-order chi connectivity index (χ1) is 7.60. The van der Waals surface area contributed by atoms with Crippen LogP contribution < -0.4 is 5.73 Å². The topological polar surface area (TPSA) is 29.3 Å². The number of hydrogen-bond donors (Lipinski definition) is 1. The zero-order chi connectivity index (χ0) is 12.1. The molecule has 0 saturated heterocycles.